The zero-order valence-corrected chi connectivity index (χ0v) is 10.0. The molecule has 1 aromatic rings. The van der Waals surface area contributed by atoms with E-state index in [0.717, 1.165) is 12.8 Å². The molecule has 0 amide bonds. The normalized spacial score (nSPS) is 13.6. The van der Waals surface area contributed by atoms with E-state index in [-0.39, 0.29) is 11.8 Å². The second kappa shape index (κ2) is 7.62. The van der Waals surface area contributed by atoms with E-state index >= 15 is 0 Å². The lowest BCUT2D eigenvalue weighted by Gasteiger charge is -2.10. The molecular weight excluding hydrogens is 218 g/mol. The van der Waals surface area contributed by atoms with Gasteiger partial charge >= 0.3 is 0 Å². The third-order valence-corrected chi connectivity index (χ3v) is 2.49. The van der Waals surface area contributed by atoms with Crippen LogP contribution in [0.1, 0.15) is 18.9 Å². The molecule has 0 aliphatic rings. The van der Waals surface area contributed by atoms with Crippen LogP contribution in [-0.4, -0.2) is 29.2 Å². The van der Waals surface area contributed by atoms with Gasteiger partial charge in [-0.3, -0.25) is 4.98 Å². The van der Waals surface area contributed by atoms with Crippen LogP contribution in [0.2, 0.25) is 0 Å². The average molecular weight is 237 g/mol. The number of nitrogens with zero attached hydrogens (tertiary/aromatic N) is 2. The number of hydrogen-bond acceptors (Lipinski definition) is 4. The number of nitrogens with two attached hydrogens (primary N) is 1. The Balaban J connectivity index is 2.09. The molecular formula is C12H19N3O2. The third kappa shape index (κ3) is 5.31. The summed E-state index contributed by atoms with van der Waals surface area (Å²) < 4.78 is 5.45. The van der Waals surface area contributed by atoms with Gasteiger partial charge in [0.15, 0.2) is 0 Å². The Morgan fingerprint density at radius 1 is 1.53 bits per heavy atom. The number of ether oxygens (including phenoxy) is 1. The zero-order valence-electron chi connectivity index (χ0n) is 10.0. The average Bonchev–Trinajstić information content (AvgIpc) is 2.38. The Morgan fingerprint density at radius 3 is 2.88 bits per heavy atom. The molecule has 1 rings (SSSR count). The van der Waals surface area contributed by atoms with Gasteiger partial charge in [-0.25, -0.2) is 0 Å². The maximum atomic E-state index is 8.46. The number of aromatic nitrogens is 1. The summed E-state index contributed by atoms with van der Waals surface area (Å²) >= 11 is 0. The summed E-state index contributed by atoms with van der Waals surface area (Å²) in [5, 5.41) is 11.4. The summed E-state index contributed by atoms with van der Waals surface area (Å²) in [6, 6.07) is 4.00. The molecule has 94 valence electrons. The van der Waals surface area contributed by atoms with Crippen LogP contribution in [0, 0.1) is 5.92 Å². The van der Waals surface area contributed by atoms with Crippen LogP contribution in [-0.2, 0) is 11.2 Å². The zero-order chi connectivity index (χ0) is 12.5. The minimum atomic E-state index is -0.0547. The first-order chi connectivity index (χ1) is 8.24. The standard InChI is InChI=1S/C12H19N3O2/c1-10(12(13)15-16)9-17-8-2-3-11-4-6-14-7-5-11/h4-7,10,16H,2-3,8-9H2,1H3,(H2,13,15). The van der Waals surface area contributed by atoms with Crippen molar-refractivity contribution in [3.05, 3.63) is 30.1 Å². The lowest BCUT2D eigenvalue weighted by atomic mass is 10.1. The monoisotopic (exact) mass is 237 g/mol. The smallest absolute Gasteiger partial charge is 0.144 e. The minimum Gasteiger partial charge on any atom is -0.409 e. The number of rotatable bonds is 7. The van der Waals surface area contributed by atoms with E-state index in [1.54, 1.807) is 12.4 Å². The molecule has 5 nitrogen and oxygen atoms in total. The highest BCUT2D eigenvalue weighted by molar-refractivity contribution is 5.81. The van der Waals surface area contributed by atoms with Gasteiger partial charge in [0.05, 0.1) is 6.61 Å². The Morgan fingerprint density at radius 2 is 2.24 bits per heavy atom. The van der Waals surface area contributed by atoms with E-state index < -0.39 is 0 Å². The first-order valence-electron chi connectivity index (χ1n) is 5.68. The van der Waals surface area contributed by atoms with Crippen molar-refractivity contribution in [2.75, 3.05) is 13.2 Å². The van der Waals surface area contributed by atoms with Crippen LogP contribution >= 0.6 is 0 Å². The Labute approximate surface area is 101 Å². The maximum absolute atomic E-state index is 8.46. The van der Waals surface area contributed by atoms with E-state index in [4.69, 9.17) is 15.7 Å². The molecule has 0 fully saturated rings. The number of pyridine rings is 1. The summed E-state index contributed by atoms with van der Waals surface area (Å²) in [5.74, 6) is 0.153. The quantitative estimate of drug-likeness (QED) is 0.247. The molecule has 0 saturated heterocycles. The number of aryl methyl sites for hydroxylation is 1. The largest absolute Gasteiger partial charge is 0.409 e. The van der Waals surface area contributed by atoms with Crippen molar-refractivity contribution >= 4 is 5.84 Å². The van der Waals surface area contributed by atoms with E-state index in [9.17, 15) is 0 Å². The Hall–Kier alpha value is -1.62. The first kappa shape index (κ1) is 13.4. The molecule has 0 bridgehead atoms. The van der Waals surface area contributed by atoms with Gasteiger partial charge in [-0.05, 0) is 30.5 Å². The van der Waals surface area contributed by atoms with Gasteiger partial charge in [-0.2, -0.15) is 0 Å². The lowest BCUT2D eigenvalue weighted by molar-refractivity contribution is 0.118. The highest BCUT2D eigenvalue weighted by Crippen LogP contribution is 2.02. The predicted molar refractivity (Wildman–Crippen MR) is 65.9 cm³/mol. The van der Waals surface area contributed by atoms with Crippen LogP contribution in [0.5, 0.6) is 0 Å². The van der Waals surface area contributed by atoms with Crippen LogP contribution in [0.25, 0.3) is 0 Å². The van der Waals surface area contributed by atoms with Gasteiger partial charge in [0.2, 0.25) is 0 Å². The van der Waals surface area contributed by atoms with Crippen LogP contribution < -0.4 is 5.73 Å². The Kier molecular flexibility index (Phi) is 6.03. The van der Waals surface area contributed by atoms with Gasteiger partial charge in [0.1, 0.15) is 5.84 Å². The van der Waals surface area contributed by atoms with Crippen molar-refractivity contribution in [2.24, 2.45) is 16.8 Å². The molecule has 0 spiro atoms. The topological polar surface area (TPSA) is 80.7 Å². The summed E-state index contributed by atoms with van der Waals surface area (Å²) in [7, 11) is 0. The van der Waals surface area contributed by atoms with Crippen molar-refractivity contribution in [1.82, 2.24) is 4.98 Å². The molecule has 1 unspecified atom stereocenters. The van der Waals surface area contributed by atoms with Crippen molar-refractivity contribution in [3.8, 4) is 0 Å². The fourth-order valence-electron chi connectivity index (χ4n) is 1.37. The number of hydrogen-bond donors (Lipinski definition) is 2. The molecule has 17 heavy (non-hydrogen) atoms. The molecule has 0 radical (unpaired) electrons. The molecule has 1 aromatic heterocycles. The fourth-order valence-corrected chi connectivity index (χ4v) is 1.37. The van der Waals surface area contributed by atoms with Crippen molar-refractivity contribution in [1.29, 1.82) is 0 Å². The summed E-state index contributed by atoms with van der Waals surface area (Å²) in [6.07, 6.45) is 5.50. The van der Waals surface area contributed by atoms with Gasteiger partial charge in [0, 0.05) is 24.9 Å². The third-order valence-electron chi connectivity index (χ3n) is 2.49. The van der Waals surface area contributed by atoms with Crippen molar-refractivity contribution < 1.29 is 9.94 Å². The van der Waals surface area contributed by atoms with Gasteiger partial charge in [-0.1, -0.05) is 12.1 Å². The molecule has 0 aliphatic heterocycles. The van der Waals surface area contributed by atoms with E-state index in [1.165, 1.54) is 5.56 Å². The molecule has 1 heterocycles. The second-order valence-corrected chi connectivity index (χ2v) is 3.96. The highest BCUT2D eigenvalue weighted by atomic mass is 16.5. The second-order valence-electron chi connectivity index (χ2n) is 3.96. The SMILES string of the molecule is CC(COCCCc1ccncc1)/C(N)=N/O. The fraction of sp³-hybridized carbons (Fsp3) is 0.500. The predicted octanol–water partition coefficient (Wildman–Crippen LogP) is 1.41. The Bertz CT molecular complexity index is 341. The number of amidine groups is 1. The summed E-state index contributed by atoms with van der Waals surface area (Å²) in [6.45, 7) is 3.01. The highest BCUT2D eigenvalue weighted by Gasteiger charge is 2.06. The minimum absolute atomic E-state index is 0.0547. The maximum Gasteiger partial charge on any atom is 0.144 e. The number of oxime groups is 1. The molecule has 0 aliphatic carbocycles. The van der Waals surface area contributed by atoms with Gasteiger partial charge in [0.25, 0.3) is 0 Å². The molecule has 1 atom stereocenters. The summed E-state index contributed by atoms with van der Waals surface area (Å²) in [5.41, 5.74) is 6.69. The van der Waals surface area contributed by atoms with Crippen LogP contribution in [0.15, 0.2) is 29.7 Å². The van der Waals surface area contributed by atoms with E-state index in [2.05, 4.69) is 10.1 Å². The molecule has 3 N–H and O–H groups in total. The molecule has 5 heteroatoms. The van der Waals surface area contributed by atoms with Crippen LogP contribution in [0.4, 0.5) is 0 Å². The van der Waals surface area contributed by atoms with E-state index in [0.29, 0.717) is 13.2 Å². The van der Waals surface area contributed by atoms with Crippen LogP contribution in [0.3, 0.4) is 0 Å². The van der Waals surface area contributed by atoms with Crippen molar-refractivity contribution in [2.45, 2.75) is 19.8 Å². The van der Waals surface area contributed by atoms with Gasteiger partial charge in [-0.15, -0.1) is 0 Å². The summed E-state index contributed by atoms with van der Waals surface area (Å²) in [4.78, 5) is 3.96. The molecule has 0 aromatic carbocycles. The first-order valence-corrected chi connectivity index (χ1v) is 5.68. The molecule has 0 saturated carbocycles. The van der Waals surface area contributed by atoms with Gasteiger partial charge < -0.3 is 15.7 Å². The lowest BCUT2D eigenvalue weighted by Crippen LogP contribution is -2.25. The van der Waals surface area contributed by atoms with E-state index in [1.807, 2.05) is 19.1 Å². The van der Waals surface area contributed by atoms with Crippen molar-refractivity contribution in [3.63, 3.8) is 0 Å².